The zero-order chi connectivity index (χ0) is 24.7. The van der Waals surface area contributed by atoms with Crippen molar-refractivity contribution in [3.63, 3.8) is 0 Å². The van der Waals surface area contributed by atoms with Gasteiger partial charge in [-0.1, -0.05) is 55.8 Å². The van der Waals surface area contributed by atoms with Crippen molar-refractivity contribution in [3.05, 3.63) is 92.6 Å². The van der Waals surface area contributed by atoms with Crippen molar-refractivity contribution in [3.8, 4) is 0 Å². The Morgan fingerprint density at radius 2 is 1.74 bits per heavy atom. The molecule has 0 unspecified atom stereocenters. The standard InChI is InChI=1S/C26H31N5O3/c1-4-5-17-30(22(32)16-13-19-11-14-21(15-12-19)29(2)3)23-24(27)31(26(34)28-25(23)33)18-20-9-7-6-8-10-20/h6-16H,4-5,17-18,27H2,1-3H3,(H,28,33,34)/b16-13+. The second-order valence-electron chi connectivity index (χ2n) is 8.23. The van der Waals surface area contributed by atoms with Crippen molar-refractivity contribution in [2.75, 3.05) is 36.2 Å². The first kappa shape index (κ1) is 24.6. The number of anilines is 3. The van der Waals surface area contributed by atoms with Gasteiger partial charge < -0.3 is 15.5 Å². The van der Waals surface area contributed by atoms with Crippen LogP contribution in [0.3, 0.4) is 0 Å². The number of hydrogen-bond acceptors (Lipinski definition) is 5. The van der Waals surface area contributed by atoms with Crippen LogP contribution >= 0.6 is 0 Å². The highest BCUT2D eigenvalue weighted by atomic mass is 16.2. The summed E-state index contributed by atoms with van der Waals surface area (Å²) in [5.41, 5.74) is 7.76. The maximum atomic E-state index is 13.2. The van der Waals surface area contributed by atoms with Crippen LogP contribution in [0.1, 0.15) is 30.9 Å². The second-order valence-corrected chi connectivity index (χ2v) is 8.23. The summed E-state index contributed by atoms with van der Waals surface area (Å²) in [4.78, 5) is 44.1. The Balaban J connectivity index is 1.96. The van der Waals surface area contributed by atoms with Gasteiger partial charge in [0.1, 0.15) is 5.82 Å². The highest BCUT2D eigenvalue weighted by molar-refractivity contribution is 6.05. The molecule has 178 valence electrons. The second kappa shape index (κ2) is 11.2. The number of carbonyl (C=O) groups is 1. The van der Waals surface area contributed by atoms with E-state index in [9.17, 15) is 14.4 Å². The molecule has 0 saturated carbocycles. The lowest BCUT2D eigenvalue weighted by molar-refractivity contribution is -0.114. The number of amides is 1. The number of H-pyrrole nitrogens is 1. The first-order valence-corrected chi connectivity index (χ1v) is 11.2. The fourth-order valence-corrected chi connectivity index (χ4v) is 3.55. The average molecular weight is 462 g/mol. The SMILES string of the molecule is CCCCN(C(=O)/C=C/c1ccc(N(C)C)cc1)c1c(N)n(Cc2ccccc2)c(=O)[nH]c1=O. The molecule has 0 bridgehead atoms. The quantitative estimate of drug-likeness (QED) is 0.477. The molecule has 0 aliphatic heterocycles. The summed E-state index contributed by atoms with van der Waals surface area (Å²) in [5.74, 6) is -0.418. The number of rotatable bonds is 9. The van der Waals surface area contributed by atoms with Crippen molar-refractivity contribution >= 4 is 29.2 Å². The van der Waals surface area contributed by atoms with Crippen LogP contribution in [0.5, 0.6) is 0 Å². The molecule has 8 nitrogen and oxygen atoms in total. The molecule has 3 N–H and O–H groups in total. The Hall–Kier alpha value is -4.07. The maximum Gasteiger partial charge on any atom is 0.330 e. The van der Waals surface area contributed by atoms with E-state index in [4.69, 9.17) is 5.73 Å². The van der Waals surface area contributed by atoms with E-state index in [-0.39, 0.29) is 24.0 Å². The van der Waals surface area contributed by atoms with Crippen molar-refractivity contribution in [2.45, 2.75) is 26.3 Å². The Morgan fingerprint density at radius 1 is 1.06 bits per heavy atom. The van der Waals surface area contributed by atoms with Gasteiger partial charge in [-0.3, -0.25) is 19.1 Å². The highest BCUT2D eigenvalue weighted by Gasteiger charge is 2.22. The number of unbranched alkanes of at least 4 members (excludes halogenated alkanes) is 1. The molecular weight excluding hydrogens is 430 g/mol. The summed E-state index contributed by atoms with van der Waals surface area (Å²) in [6.07, 6.45) is 4.62. The minimum atomic E-state index is -0.681. The smallest absolute Gasteiger partial charge is 0.330 e. The van der Waals surface area contributed by atoms with Crippen LogP contribution in [0.4, 0.5) is 17.2 Å². The molecule has 1 amide bonds. The van der Waals surface area contributed by atoms with E-state index in [1.54, 1.807) is 6.08 Å². The molecule has 0 saturated heterocycles. The van der Waals surface area contributed by atoms with E-state index >= 15 is 0 Å². The molecule has 3 rings (SSSR count). The molecule has 0 aliphatic carbocycles. The van der Waals surface area contributed by atoms with E-state index in [0.717, 1.165) is 23.2 Å². The molecular formula is C26H31N5O3. The van der Waals surface area contributed by atoms with Crippen molar-refractivity contribution in [2.24, 2.45) is 0 Å². The van der Waals surface area contributed by atoms with Crippen LogP contribution in [0, 0.1) is 0 Å². The van der Waals surface area contributed by atoms with E-state index in [1.165, 1.54) is 15.5 Å². The summed E-state index contributed by atoms with van der Waals surface area (Å²) >= 11 is 0. The molecule has 1 aromatic heterocycles. The third kappa shape index (κ3) is 5.83. The average Bonchev–Trinajstić information content (AvgIpc) is 2.83. The lowest BCUT2D eigenvalue weighted by Crippen LogP contribution is -2.41. The number of nitrogen functional groups attached to an aromatic ring is 1. The molecule has 0 fully saturated rings. The number of nitrogens with one attached hydrogen (secondary N) is 1. The largest absolute Gasteiger partial charge is 0.383 e. The van der Waals surface area contributed by atoms with E-state index in [0.29, 0.717) is 13.0 Å². The van der Waals surface area contributed by atoms with E-state index < -0.39 is 11.2 Å². The summed E-state index contributed by atoms with van der Waals surface area (Å²) < 4.78 is 1.28. The van der Waals surface area contributed by atoms with Gasteiger partial charge in [0.05, 0.1) is 6.54 Å². The summed E-state index contributed by atoms with van der Waals surface area (Å²) in [6, 6.07) is 17.1. The third-order valence-electron chi connectivity index (χ3n) is 5.50. The van der Waals surface area contributed by atoms with Gasteiger partial charge in [-0.15, -0.1) is 0 Å². The maximum absolute atomic E-state index is 13.2. The van der Waals surface area contributed by atoms with Gasteiger partial charge in [0.25, 0.3) is 11.5 Å². The monoisotopic (exact) mass is 461 g/mol. The van der Waals surface area contributed by atoms with Gasteiger partial charge in [-0.2, -0.15) is 0 Å². The predicted molar refractivity (Wildman–Crippen MR) is 138 cm³/mol. The first-order valence-electron chi connectivity index (χ1n) is 11.2. The Bertz CT molecular complexity index is 1260. The van der Waals surface area contributed by atoms with Gasteiger partial charge in [0.15, 0.2) is 5.69 Å². The van der Waals surface area contributed by atoms with E-state index in [1.807, 2.05) is 80.5 Å². The van der Waals surface area contributed by atoms with Crippen molar-refractivity contribution < 1.29 is 4.79 Å². The van der Waals surface area contributed by atoms with Gasteiger partial charge in [-0.25, -0.2) is 4.79 Å². The molecule has 2 aromatic carbocycles. The van der Waals surface area contributed by atoms with Crippen LogP contribution < -0.4 is 26.8 Å². The van der Waals surface area contributed by atoms with Gasteiger partial charge >= 0.3 is 5.69 Å². The van der Waals surface area contributed by atoms with Crippen molar-refractivity contribution in [1.29, 1.82) is 0 Å². The molecule has 3 aromatic rings. The number of aromatic nitrogens is 2. The van der Waals surface area contributed by atoms with Crippen LogP contribution in [0.15, 0.2) is 70.3 Å². The molecule has 0 spiro atoms. The van der Waals surface area contributed by atoms with Gasteiger partial charge in [-0.05, 0) is 35.8 Å². The number of nitrogens with two attached hydrogens (primary N) is 1. The Morgan fingerprint density at radius 3 is 2.35 bits per heavy atom. The minimum absolute atomic E-state index is 0.0124. The minimum Gasteiger partial charge on any atom is -0.383 e. The molecule has 0 aliphatic rings. The fraction of sp³-hybridized carbons (Fsp3) is 0.269. The number of nitrogens with zero attached hydrogens (tertiary/aromatic N) is 3. The first-order chi connectivity index (χ1) is 16.3. The molecule has 34 heavy (non-hydrogen) atoms. The number of hydrogen-bond donors (Lipinski definition) is 2. The molecule has 8 heteroatoms. The van der Waals surface area contributed by atoms with E-state index in [2.05, 4.69) is 4.98 Å². The highest BCUT2D eigenvalue weighted by Crippen LogP contribution is 2.20. The lowest BCUT2D eigenvalue weighted by atomic mass is 10.2. The van der Waals surface area contributed by atoms with Crippen LogP contribution in [-0.2, 0) is 11.3 Å². The Kier molecular flexibility index (Phi) is 8.08. The zero-order valence-corrected chi connectivity index (χ0v) is 19.8. The van der Waals surface area contributed by atoms with Crippen LogP contribution in [0.2, 0.25) is 0 Å². The summed E-state index contributed by atoms with van der Waals surface area (Å²) in [6.45, 7) is 2.48. The zero-order valence-electron chi connectivity index (χ0n) is 19.8. The predicted octanol–water partition coefficient (Wildman–Crippen LogP) is 3.08. The van der Waals surface area contributed by atoms with Crippen LogP contribution in [-0.4, -0.2) is 36.1 Å². The topological polar surface area (TPSA) is 104 Å². The summed E-state index contributed by atoms with van der Waals surface area (Å²) in [7, 11) is 3.91. The Labute approximate surface area is 198 Å². The lowest BCUT2D eigenvalue weighted by Gasteiger charge is -2.23. The third-order valence-corrected chi connectivity index (χ3v) is 5.50. The number of benzene rings is 2. The molecule has 1 heterocycles. The van der Waals surface area contributed by atoms with Crippen LogP contribution in [0.25, 0.3) is 6.08 Å². The van der Waals surface area contributed by atoms with Crippen molar-refractivity contribution in [1.82, 2.24) is 9.55 Å². The summed E-state index contributed by atoms with van der Waals surface area (Å²) in [5, 5.41) is 0. The molecule has 0 radical (unpaired) electrons. The number of aromatic amines is 1. The van der Waals surface area contributed by atoms with Gasteiger partial charge in [0.2, 0.25) is 0 Å². The molecule has 0 atom stereocenters. The van der Waals surface area contributed by atoms with Gasteiger partial charge in [0, 0.05) is 32.4 Å². The fourth-order valence-electron chi connectivity index (χ4n) is 3.55. The normalized spacial score (nSPS) is 11.0. The number of carbonyl (C=O) groups excluding carboxylic acids is 1.